The summed E-state index contributed by atoms with van der Waals surface area (Å²) in [6, 6.07) is 6.57. The van der Waals surface area contributed by atoms with Gasteiger partial charge in [-0.3, -0.25) is 15.5 Å². The molecule has 17 heavy (non-hydrogen) atoms. The Morgan fingerprint density at radius 1 is 1.35 bits per heavy atom. The van der Waals surface area contributed by atoms with Crippen molar-refractivity contribution in [1.29, 1.82) is 0 Å². The molecule has 0 aromatic heterocycles. The molecule has 0 unspecified atom stereocenters. The zero-order valence-corrected chi connectivity index (χ0v) is 9.90. The maximum absolute atomic E-state index is 11.6. The summed E-state index contributed by atoms with van der Waals surface area (Å²) in [4.78, 5) is 11.6. The number of amides is 1. The van der Waals surface area contributed by atoms with Crippen LogP contribution in [-0.2, 0) is 4.74 Å². The predicted molar refractivity (Wildman–Crippen MR) is 65.3 cm³/mol. The van der Waals surface area contributed by atoms with E-state index in [0.717, 1.165) is 6.42 Å². The number of benzene rings is 1. The minimum Gasteiger partial charge on any atom is -0.382 e. The molecule has 1 amide bonds. The Labute approximate surface area is 101 Å². The molecule has 0 fully saturated rings. The van der Waals surface area contributed by atoms with Crippen molar-refractivity contribution in [2.75, 3.05) is 25.2 Å². The first-order valence-electron chi connectivity index (χ1n) is 5.64. The molecule has 5 heteroatoms. The van der Waals surface area contributed by atoms with Gasteiger partial charge in [-0.1, -0.05) is 0 Å². The highest BCUT2D eigenvalue weighted by atomic mass is 16.5. The van der Waals surface area contributed by atoms with E-state index in [4.69, 9.17) is 9.94 Å². The molecule has 0 bridgehead atoms. The highest BCUT2D eigenvalue weighted by Gasteiger charge is 2.03. The lowest BCUT2D eigenvalue weighted by atomic mass is 10.2. The smallest absolute Gasteiger partial charge is 0.251 e. The van der Waals surface area contributed by atoms with Crippen molar-refractivity contribution >= 4 is 11.6 Å². The van der Waals surface area contributed by atoms with E-state index in [0.29, 0.717) is 31.0 Å². The molecule has 1 aromatic carbocycles. The zero-order chi connectivity index (χ0) is 12.5. The van der Waals surface area contributed by atoms with Crippen molar-refractivity contribution in [3.05, 3.63) is 29.8 Å². The van der Waals surface area contributed by atoms with Crippen LogP contribution >= 0.6 is 0 Å². The third-order valence-corrected chi connectivity index (χ3v) is 2.23. The number of ether oxygens (including phenoxy) is 1. The SMILES string of the molecule is CCOCCCNC(=O)c1ccc(NO)cc1. The fourth-order valence-electron chi connectivity index (χ4n) is 1.32. The van der Waals surface area contributed by atoms with Crippen LogP contribution in [0, 0.1) is 0 Å². The fraction of sp³-hybridized carbons (Fsp3) is 0.417. The van der Waals surface area contributed by atoms with Crippen molar-refractivity contribution < 1.29 is 14.7 Å². The average Bonchev–Trinajstić information content (AvgIpc) is 2.38. The van der Waals surface area contributed by atoms with Crippen LogP contribution in [0.4, 0.5) is 5.69 Å². The van der Waals surface area contributed by atoms with Crippen molar-refractivity contribution in [2.24, 2.45) is 0 Å². The summed E-state index contributed by atoms with van der Waals surface area (Å²) < 4.78 is 5.16. The van der Waals surface area contributed by atoms with Gasteiger partial charge in [-0.05, 0) is 37.6 Å². The van der Waals surface area contributed by atoms with Gasteiger partial charge >= 0.3 is 0 Å². The van der Waals surface area contributed by atoms with E-state index in [1.807, 2.05) is 12.4 Å². The molecule has 5 nitrogen and oxygen atoms in total. The third-order valence-electron chi connectivity index (χ3n) is 2.23. The molecule has 3 N–H and O–H groups in total. The van der Waals surface area contributed by atoms with Gasteiger partial charge in [0.25, 0.3) is 5.91 Å². The van der Waals surface area contributed by atoms with Crippen LogP contribution < -0.4 is 10.8 Å². The molecule has 1 rings (SSSR count). The van der Waals surface area contributed by atoms with Gasteiger partial charge in [0.05, 0.1) is 5.69 Å². The van der Waals surface area contributed by atoms with E-state index in [9.17, 15) is 4.79 Å². The highest BCUT2D eigenvalue weighted by molar-refractivity contribution is 5.94. The summed E-state index contributed by atoms with van der Waals surface area (Å²) >= 11 is 0. The van der Waals surface area contributed by atoms with Crippen LogP contribution in [0.3, 0.4) is 0 Å². The summed E-state index contributed by atoms with van der Waals surface area (Å²) in [5.74, 6) is -0.119. The summed E-state index contributed by atoms with van der Waals surface area (Å²) in [6.45, 7) is 3.89. The maximum atomic E-state index is 11.6. The summed E-state index contributed by atoms with van der Waals surface area (Å²) in [7, 11) is 0. The molecule has 1 aromatic rings. The number of nitrogens with one attached hydrogen (secondary N) is 2. The van der Waals surface area contributed by atoms with Crippen LogP contribution in [0.2, 0.25) is 0 Å². The summed E-state index contributed by atoms with van der Waals surface area (Å²) in [5.41, 5.74) is 3.13. The molecule has 0 radical (unpaired) electrons. The molecule has 0 saturated carbocycles. The monoisotopic (exact) mass is 238 g/mol. The van der Waals surface area contributed by atoms with Gasteiger partial charge in [-0.2, -0.15) is 0 Å². The summed E-state index contributed by atoms with van der Waals surface area (Å²) in [6.07, 6.45) is 0.801. The van der Waals surface area contributed by atoms with Crippen LogP contribution in [0.15, 0.2) is 24.3 Å². The number of hydrogen-bond donors (Lipinski definition) is 3. The Balaban J connectivity index is 2.31. The lowest BCUT2D eigenvalue weighted by Gasteiger charge is -2.06. The van der Waals surface area contributed by atoms with E-state index in [1.165, 1.54) is 0 Å². The predicted octanol–water partition coefficient (Wildman–Crippen LogP) is 1.64. The molecule has 0 aliphatic rings. The Morgan fingerprint density at radius 2 is 2.06 bits per heavy atom. The van der Waals surface area contributed by atoms with Crippen LogP contribution in [0.1, 0.15) is 23.7 Å². The van der Waals surface area contributed by atoms with Crippen LogP contribution in [-0.4, -0.2) is 30.9 Å². The van der Waals surface area contributed by atoms with Gasteiger partial charge in [0, 0.05) is 25.3 Å². The molecule has 0 atom stereocenters. The van der Waals surface area contributed by atoms with Gasteiger partial charge < -0.3 is 10.1 Å². The second-order valence-electron chi connectivity index (χ2n) is 3.50. The first kappa shape index (κ1) is 13.5. The minimum atomic E-state index is -0.119. The molecular formula is C12H18N2O3. The Bertz CT molecular complexity index is 338. The molecule has 0 aliphatic heterocycles. The Morgan fingerprint density at radius 3 is 2.65 bits per heavy atom. The second kappa shape index (κ2) is 7.65. The highest BCUT2D eigenvalue weighted by Crippen LogP contribution is 2.08. The zero-order valence-electron chi connectivity index (χ0n) is 9.90. The molecule has 0 saturated heterocycles. The Hall–Kier alpha value is -1.59. The third kappa shape index (κ3) is 4.84. The van der Waals surface area contributed by atoms with E-state index >= 15 is 0 Å². The minimum absolute atomic E-state index is 0.119. The fourth-order valence-corrected chi connectivity index (χ4v) is 1.32. The average molecular weight is 238 g/mol. The standard InChI is InChI=1S/C12H18N2O3/c1-2-17-9-3-8-13-12(15)10-4-6-11(14-16)7-5-10/h4-7,14,16H,2-3,8-9H2,1H3,(H,13,15). The number of anilines is 1. The van der Waals surface area contributed by atoms with E-state index in [-0.39, 0.29) is 5.91 Å². The second-order valence-corrected chi connectivity index (χ2v) is 3.50. The largest absolute Gasteiger partial charge is 0.382 e. The lowest BCUT2D eigenvalue weighted by Crippen LogP contribution is -2.25. The molecule has 0 heterocycles. The van der Waals surface area contributed by atoms with E-state index in [2.05, 4.69) is 5.32 Å². The maximum Gasteiger partial charge on any atom is 0.251 e. The van der Waals surface area contributed by atoms with E-state index in [1.54, 1.807) is 24.3 Å². The van der Waals surface area contributed by atoms with Gasteiger partial charge in [0.1, 0.15) is 0 Å². The first-order valence-corrected chi connectivity index (χ1v) is 5.64. The van der Waals surface area contributed by atoms with Crippen molar-refractivity contribution in [3.8, 4) is 0 Å². The van der Waals surface area contributed by atoms with E-state index < -0.39 is 0 Å². The molecule has 0 spiro atoms. The van der Waals surface area contributed by atoms with Gasteiger partial charge in [-0.15, -0.1) is 0 Å². The normalized spacial score (nSPS) is 10.0. The first-order chi connectivity index (χ1) is 8.27. The van der Waals surface area contributed by atoms with Gasteiger partial charge in [0.15, 0.2) is 0 Å². The van der Waals surface area contributed by atoms with Crippen LogP contribution in [0.5, 0.6) is 0 Å². The van der Waals surface area contributed by atoms with Crippen LogP contribution in [0.25, 0.3) is 0 Å². The Kier molecular flexibility index (Phi) is 6.06. The van der Waals surface area contributed by atoms with Crippen molar-refractivity contribution in [2.45, 2.75) is 13.3 Å². The van der Waals surface area contributed by atoms with Gasteiger partial charge in [-0.25, -0.2) is 0 Å². The topological polar surface area (TPSA) is 70.6 Å². The van der Waals surface area contributed by atoms with Crippen molar-refractivity contribution in [3.63, 3.8) is 0 Å². The number of carbonyl (C=O) groups is 1. The quantitative estimate of drug-likeness (QED) is 0.499. The molecule has 0 aliphatic carbocycles. The number of rotatable bonds is 7. The number of hydrogen-bond acceptors (Lipinski definition) is 4. The lowest BCUT2D eigenvalue weighted by molar-refractivity contribution is 0.0944. The summed E-state index contributed by atoms with van der Waals surface area (Å²) in [5, 5.41) is 11.4. The molecular weight excluding hydrogens is 220 g/mol. The van der Waals surface area contributed by atoms with Gasteiger partial charge in [0.2, 0.25) is 0 Å². The number of carbonyl (C=O) groups excluding carboxylic acids is 1. The van der Waals surface area contributed by atoms with Crippen molar-refractivity contribution in [1.82, 2.24) is 5.32 Å². The molecule has 94 valence electrons.